The number of halogens is 1. The van der Waals surface area contributed by atoms with Crippen molar-refractivity contribution < 1.29 is 14.3 Å². The van der Waals surface area contributed by atoms with E-state index in [9.17, 15) is 4.79 Å². The second kappa shape index (κ2) is 8.78. The lowest BCUT2D eigenvalue weighted by molar-refractivity contribution is 0.0372. The minimum absolute atomic E-state index is 0.0633. The number of hydrogen-bond donors (Lipinski definition) is 0. The Morgan fingerprint density at radius 2 is 1.93 bits per heavy atom. The number of ether oxygens (including phenoxy) is 2. The highest BCUT2D eigenvalue weighted by Gasteiger charge is 2.32. The van der Waals surface area contributed by atoms with Crippen molar-refractivity contribution in [3.63, 3.8) is 0 Å². The fourth-order valence-corrected chi connectivity index (χ4v) is 3.73. The van der Waals surface area contributed by atoms with Crippen molar-refractivity contribution in [2.24, 2.45) is 0 Å². The summed E-state index contributed by atoms with van der Waals surface area (Å²) in [6, 6.07) is 7.08. The van der Waals surface area contributed by atoms with Crippen LogP contribution in [0.25, 0.3) is 5.82 Å². The van der Waals surface area contributed by atoms with Crippen LogP contribution in [-0.4, -0.2) is 61.6 Å². The molecule has 0 bridgehead atoms. The van der Waals surface area contributed by atoms with Crippen molar-refractivity contribution in [1.82, 2.24) is 29.9 Å². The van der Waals surface area contributed by atoms with Gasteiger partial charge in [-0.1, -0.05) is 15.9 Å². The maximum Gasteiger partial charge on any atom is 0.258 e. The molecular formula is C20H21BrN6O3. The minimum Gasteiger partial charge on any atom is -0.481 e. The molecule has 1 aliphatic rings. The third kappa shape index (κ3) is 4.28. The van der Waals surface area contributed by atoms with Crippen molar-refractivity contribution in [1.29, 1.82) is 0 Å². The van der Waals surface area contributed by atoms with Crippen LogP contribution in [0.5, 0.6) is 11.8 Å². The molecular weight excluding hydrogens is 452 g/mol. The summed E-state index contributed by atoms with van der Waals surface area (Å²) in [6.07, 6.45) is 6.27. The van der Waals surface area contributed by atoms with E-state index < -0.39 is 0 Å². The zero-order chi connectivity index (χ0) is 21.1. The van der Waals surface area contributed by atoms with Crippen LogP contribution in [0, 0.1) is 0 Å². The van der Waals surface area contributed by atoms with Gasteiger partial charge in [0.2, 0.25) is 11.8 Å². The number of nitrogens with zero attached hydrogens (tertiary/aromatic N) is 6. The van der Waals surface area contributed by atoms with Crippen molar-refractivity contribution in [2.75, 3.05) is 13.7 Å². The van der Waals surface area contributed by atoms with E-state index in [-0.39, 0.29) is 18.1 Å². The lowest BCUT2D eigenvalue weighted by atomic mass is 10.00. The molecule has 0 saturated carbocycles. The molecule has 9 nitrogen and oxygen atoms in total. The molecule has 0 unspecified atom stereocenters. The number of carbonyl (C=O) groups excluding carboxylic acids is 1. The number of pyridine rings is 2. The van der Waals surface area contributed by atoms with Crippen LogP contribution in [0.3, 0.4) is 0 Å². The summed E-state index contributed by atoms with van der Waals surface area (Å²) in [4.78, 5) is 25.2. The van der Waals surface area contributed by atoms with E-state index in [2.05, 4.69) is 36.1 Å². The van der Waals surface area contributed by atoms with Crippen molar-refractivity contribution in [3.8, 4) is 17.6 Å². The summed E-state index contributed by atoms with van der Waals surface area (Å²) >= 11 is 3.42. The van der Waals surface area contributed by atoms with Crippen molar-refractivity contribution >= 4 is 21.8 Å². The Morgan fingerprint density at radius 1 is 1.13 bits per heavy atom. The number of methoxy groups -OCH3 is 1. The zero-order valence-electron chi connectivity index (χ0n) is 16.6. The lowest BCUT2D eigenvalue weighted by Crippen LogP contribution is -2.49. The Morgan fingerprint density at radius 3 is 2.67 bits per heavy atom. The molecule has 0 N–H and O–H groups in total. The van der Waals surface area contributed by atoms with Gasteiger partial charge in [-0.25, -0.2) is 4.98 Å². The molecule has 4 heterocycles. The normalized spacial score (nSPS) is 18.8. The lowest BCUT2D eigenvalue weighted by Gasteiger charge is -2.38. The van der Waals surface area contributed by atoms with Gasteiger partial charge in [-0.3, -0.25) is 4.79 Å². The van der Waals surface area contributed by atoms with Gasteiger partial charge < -0.3 is 14.4 Å². The molecule has 0 radical (unpaired) electrons. The zero-order valence-corrected chi connectivity index (χ0v) is 18.2. The van der Waals surface area contributed by atoms with Crippen molar-refractivity contribution in [2.45, 2.75) is 31.9 Å². The Bertz CT molecular complexity index is 1030. The third-order valence-corrected chi connectivity index (χ3v) is 5.47. The van der Waals surface area contributed by atoms with E-state index in [0.29, 0.717) is 29.7 Å². The topological polar surface area (TPSA) is 95.3 Å². The van der Waals surface area contributed by atoms with E-state index in [1.165, 1.54) is 24.3 Å². The van der Waals surface area contributed by atoms with E-state index in [0.717, 1.165) is 17.3 Å². The molecule has 2 atom stereocenters. The second-order valence-electron chi connectivity index (χ2n) is 6.98. The molecule has 0 aliphatic carbocycles. The van der Waals surface area contributed by atoms with Crippen LogP contribution >= 0.6 is 15.9 Å². The Hall–Kier alpha value is -3.01. The molecule has 1 fully saturated rings. The molecule has 0 spiro atoms. The number of likely N-dealkylation sites (tertiary alicyclic amines) is 1. The molecule has 4 rings (SSSR count). The molecule has 1 aliphatic heterocycles. The molecule has 1 amide bonds. The van der Waals surface area contributed by atoms with Crippen LogP contribution in [0.2, 0.25) is 0 Å². The average molecular weight is 473 g/mol. The summed E-state index contributed by atoms with van der Waals surface area (Å²) in [5, 5.41) is 8.25. The predicted octanol–water partition coefficient (Wildman–Crippen LogP) is 2.90. The SMILES string of the molecule is COc1ccc(C(=O)N2C[C@H](Oc3cc(Br)ccn3)CC[C@H]2C)c(-n2nccn2)n1. The first-order valence-corrected chi connectivity index (χ1v) is 10.4. The third-order valence-electron chi connectivity index (χ3n) is 4.98. The van der Waals surface area contributed by atoms with Crippen molar-refractivity contribution in [3.05, 3.63) is 52.9 Å². The molecule has 0 aromatic carbocycles. The monoisotopic (exact) mass is 472 g/mol. The van der Waals surface area contributed by atoms with Gasteiger partial charge in [0.25, 0.3) is 5.91 Å². The van der Waals surface area contributed by atoms with Gasteiger partial charge in [-0.05, 0) is 31.9 Å². The Kier molecular flexibility index (Phi) is 5.93. The second-order valence-corrected chi connectivity index (χ2v) is 7.90. The fourth-order valence-electron chi connectivity index (χ4n) is 3.42. The first-order chi connectivity index (χ1) is 14.5. The smallest absolute Gasteiger partial charge is 0.258 e. The van der Waals surface area contributed by atoms with Crippen LogP contribution in [0.15, 0.2) is 47.3 Å². The van der Waals surface area contributed by atoms with Gasteiger partial charge in [0.15, 0.2) is 5.82 Å². The summed E-state index contributed by atoms with van der Waals surface area (Å²) in [5.41, 5.74) is 0.403. The molecule has 30 heavy (non-hydrogen) atoms. The number of piperidine rings is 1. The fraction of sp³-hybridized carbons (Fsp3) is 0.350. The standard InChI is InChI=1S/C20H21BrN6O3/c1-13-3-4-15(30-18-11-14(21)7-8-22-18)12-26(13)20(28)16-5-6-17(29-2)25-19(16)27-23-9-10-24-27/h5-11,13,15H,3-4,12H2,1-2H3/t13-,15-/m1/s1. The highest BCUT2D eigenvalue weighted by Crippen LogP contribution is 2.26. The highest BCUT2D eigenvalue weighted by molar-refractivity contribution is 9.10. The van der Waals surface area contributed by atoms with Gasteiger partial charge in [-0.15, -0.1) is 4.80 Å². The van der Waals surface area contributed by atoms with Crippen LogP contribution < -0.4 is 9.47 Å². The number of hydrogen-bond acceptors (Lipinski definition) is 7. The first-order valence-electron chi connectivity index (χ1n) is 9.56. The largest absolute Gasteiger partial charge is 0.481 e. The van der Waals surface area contributed by atoms with Gasteiger partial charge in [0.05, 0.1) is 31.6 Å². The first kappa shape index (κ1) is 20.3. The van der Waals surface area contributed by atoms with E-state index >= 15 is 0 Å². The minimum atomic E-state index is -0.152. The van der Waals surface area contributed by atoms with Crippen LogP contribution in [0.1, 0.15) is 30.1 Å². The Balaban J connectivity index is 1.59. The van der Waals surface area contributed by atoms with Crippen LogP contribution in [-0.2, 0) is 0 Å². The molecule has 1 saturated heterocycles. The van der Waals surface area contributed by atoms with Gasteiger partial charge in [-0.2, -0.15) is 15.2 Å². The highest BCUT2D eigenvalue weighted by atomic mass is 79.9. The molecule has 3 aromatic heterocycles. The maximum absolute atomic E-state index is 13.5. The van der Waals surface area contributed by atoms with E-state index in [4.69, 9.17) is 9.47 Å². The predicted molar refractivity (Wildman–Crippen MR) is 112 cm³/mol. The number of carbonyl (C=O) groups is 1. The summed E-state index contributed by atoms with van der Waals surface area (Å²) in [6.45, 7) is 2.49. The maximum atomic E-state index is 13.5. The van der Waals surface area contributed by atoms with E-state index in [1.807, 2.05) is 24.0 Å². The summed E-state index contributed by atoms with van der Waals surface area (Å²) in [7, 11) is 1.52. The Labute approximate surface area is 182 Å². The van der Waals surface area contributed by atoms with E-state index in [1.54, 1.807) is 18.3 Å². The van der Waals surface area contributed by atoms with Gasteiger partial charge >= 0.3 is 0 Å². The van der Waals surface area contributed by atoms with Gasteiger partial charge in [0, 0.05) is 28.8 Å². The number of amides is 1. The molecule has 10 heteroatoms. The molecule has 156 valence electrons. The average Bonchev–Trinajstić information content (AvgIpc) is 3.29. The van der Waals surface area contributed by atoms with Gasteiger partial charge in [0.1, 0.15) is 6.10 Å². The quantitative estimate of drug-likeness (QED) is 0.563. The van der Waals surface area contributed by atoms with Crippen LogP contribution in [0.4, 0.5) is 0 Å². The summed E-state index contributed by atoms with van der Waals surface area (Å²) in [5.74, 6) is 1.09. The number of rotatable bonds is 5. The molecule has 3 aromatic rings. The summed E-state index contributed by atoms with van der Waals surface area (Å²) < 4.78 is 12.1. The number of aromatic nitrogens is 5.